The zero-order valence-corrected chi connectivity index (χ0v) is 19.7. The Balaban J connectivity index is 1.41. The molecule has 4 aliphatic rings. The number of carbonyl (C=O) groups excluding carboxylic acids is 1. The van der Waals surface area contributed by atoms with Crippen LogP contribution >= 0.6 is 0 Å². The number of halogens is 3. The van der Waals surface area contributed by atoms with Crippen molar-refractivity contribution in [1.82, 2.24) is 0 Å². The van der Waals surface area contributed by atoms with E-state index >= 15 is 0 Å². The molecule has 0 aromatic heterocycles. The summed E-state index contributed by atoms with van der Waals surface area (Å²) in [6.45, 7) is 3.36. The van der Waals surface area contributed by atoms with Crippen molar-refractivity contribution in [2.75, 3.05) is 12.4 Å². The second-order valence-corrected chi connectivity index (χ2v) is 11.8. The zero-order valence-electron chi connectivity index (χ0n) is 18.9. The van der Waals surface area contributed by atoms with Crippen molar-refractivity contribution in [3.8, 4) is 11.5 Å². The number of carbonyl (C=O) groups is 1. The Labute approximate surface area is 201 Å². The molecule has 0 heterocycles. The number of ether oxygens (including phenoxy) is 3. The molecule has 1 aromatic carbocycles. The number of benzene rings is 1. The summed E-state index contributed by atoms with van der Waals surface area (Å²) in [5.41, 5.74) is -1.00. The molecule has 1 N–H and O–H groups in total. The summed E-state index contributed by atoms with van der Waals surface area (Å²) in [4.78, 5) is 12.4. The standard InChI is InChI=1S/C24H27F3O7S/c1-2-23(12-16-10-17(23)21-14-4-3-13(9-14)20(16)21)33-19-11-15(5-6-18(19)34-24(25,26)27)22(28)32-7-8-35(29,30)31/h2,5-6,11,13-14,16-17,20-21H,1,3-4,7-10,12H2,(H,29,30,31). The second-order valence-electron chi connectivity index (χ2n) is 10.2. The van der Waals surface area contributed by atoms with Crippen molar-refractivity contribution in [3.05, 3.63) is 36.4 Å². The molecule has 4 bridgehead atoms. The molecule has 4 fully saturated rings. The maximum absolute atomic E-state index is 13.1. The predicted octanol–water partition coefficient (Wildman–Crippen LogP) is 4.64. The first-order valence-corrected chi connectivity index (χ1v) is 13.3. The van der Waals surface area contributed by atoms with Crippen LogP contribution in [-0.4, -0.2) is 43.3 Å². The van der Waals surface area contributed by atoms with Crippen LogP contribution in [0.2, 0.25) is 0 Å². The average molecular weight is 517 g/mol. The molecule has 0 saturated heterocycles. The minimum absolute atomic E-state index is 0.134. The molecular formula is C24H27F3O7S. The molecule has 11 heteroatoms. The lowest BCUT2D eigenvalue weighted by Crippen LogP contribution is -2.47. The summed E-state index contributed by atoms with van der Waals surface area (Å²) in [6, 6.07) is 3.18. The van der Waals surface area contributed by atoms with Crippen LogP contribution < -0.4 is 9.47 Å². The van der Waals surface area contributed by atoms with E-state index in [1.807, 2.05) is 0 Å². The van der Waals surface area contributed by atoms with Crippen LogP contribution in [0, 0.1) is 35.5 Å². The first-order chi connectivity index (χ1) is 16.4. The van der Waals surface area contributed by atoms with Gasteiger partial charge in [-0.1, -0.05) is 6.58 Å². The Morgan fingerprint density at radius 2 is 1.86 bits per heavy atom. The molecule has 0 amide bonds. The summed E-state index contributed by atoms with van der Waals surface area (Å²) in [5, 5.41) is 0. The lowest BCUT2D eigenvalue weighted by molar-refractivity contribution is -0.275. The lowest BCUT2D eigenvalue weighted by Gasteiger charge is -2.45. The van der Waals surface area contributed by atoms with Gasteiger partial charge in [0.15, 0.2) is 11.5 Å². The van der Waals surface area contributed by atoms with Crippen LogP contribution in [0.1, 0.15) is 42.5 Å². The van der Waals surface area contributed by atoms with E-state index in [1.54, 1.807) is 6.08 Å². The van der Waals surface area contributed by atoms with Crippen molar-refractivity contribution >= 4 is 16.1 Å². The molecule has 0 radical (unpaired) electrons. The highest BCUT2D eigenvalue weighted by molar-refractivity contribution is 7.85. The van der Waals surface area contributed by atoms with Crippen LogP contribution in [0.3, 0.4) is 0 Å². The highest BCUT2D eigenvalue weighted by atomic mass is 32.2. The van der Waals surface area contributed by atoms with E-state index in [9.17, 15) is 26.4 Å². The monoisotopic (exact) mass is 516 g/mol. The van der Waals surface area contributed by atoms with Crippen molar-refractivity contribution in [2.24, 2.45) is 35.5 Å². The Morgan fingerprint density at radius 1 is 1.14 bits per heavy atom. The minimum atomic E-state index is -4.97. The van der Waals surface area contributed by atoms with Gasteiger partial charge in [-0.05, 0) is 86.0 Å². The number of esters is 1. The molecule has 4 aliphatic carbocycles. The van der Waals surface area contributed by atoms with Crippen LogP contribution in [0.4, 0.5) is 13.2 Å². The molecule has 5 rings (SSSR count). The normalized spacial score (nSPS) is 35.1. The largest absolute Gasteiger partial charge is 0.573 e. The molecule has 0 spiro atoms. The van der Waals surface area contributed by atoms with E-state index in [0.717, 1.165) is 30.5 Å². The van der Waals surface area contributed by atoms with Crippen molar-refractivity contribution in [1.29, 1.82) is 0 Å². The van der Waals surface area contributed by atoms with Crippen LogP contribution in [-0.2, 0) is 14.9 Å². The van der Waals surface area contributed by atoms with E-state index in [-0.39, 0.29) is 17.2 Å². The average Bonchev–Trinajstić information content (AvgIpc) is 3.52. The molecular weight excluding hydrogens is 489 g/mol. The number of hydrogen-bond donors (Lipinski definition) is 1. The van der Waals surface area contributed by atoms with E-state index < -0.39 is 46.2 Å². The maximum atomic E-state index is 13.1. The molecule has 7 atom stereocenters. The van der Waals surface area contributed by atoms with Crippen LogP contribution in [0.25, 0.3) is 0 Å². The number of alkyl halides is 3. The van der Waals surface area contributed by atoms with Crippen molar-refractivity contribution in [2.45, 2.75) is 44.1 Å². The molecule has 35 heavy (non-hydrogen) atoms. The van der Waals surface area contributed by atoms with Crippen molar-refractivity contribution in [3.63, 3.8) is 0 Å². The smallest absolute Gasteiger partial charge is 0.479 e. The third-order valence-electron chi connectivity index (χ3n) is 8.45. The molecule has 192 valence electrons. The molecule has 4 saturated carbocycles. The number of rotatable bonds is 8. The first-order valence-electron chi connectivity index (χ1n) is 11.7. The van der Waals surface area contributed by atoms with Gasteiger partial charge in [0.25, 0.3) is 10.1 Å². The Morgan fingerprint density at radius 3 is 2.51 bits per heavy atom. The van der Waals surface area contributed by atoms with Gasteiger partial charge in [-0.25, -0.2) is 4.79 Å². The van der Waals surface area contributed by atoms with Gasteiger partial charge in [0.1, 0.15) is 18.0 Å². The molecule has 7 unspecified atom stereocenters. The third kappa shape index (κ3) is 4.52. The van der Waals surface area contributed by atoms with Crippen molar-refractivity contribution < 1.29 is 45.1 Å². The van der Waals surface area contributed by atoms with Gasteiger partial charge in [-0.2, -0.15) is 8.42 Å². The summed E-state index contributed by atoms with van der Waals surface area (Å²) in [7, 11) is -4.34. The minimum Gasteiger partial charge on any atom is -0.479 e. The van der Waals surface area contributed by atoms with Gasteiger partial charge in [0.05, 0.1) is 5.56 Å². The Hall–Kier alpha value is -2.27. The summed E-state index contributed by atoms with van der Waals surface area (Å²) in [5.74, 6) is 0.408. The maximum Gasteiger partial charge on any atom is 0.573 e. The van der Waals surface area contributed by atoms with Gasteiger partial charge in [-0.15, -0.1) is 13.2 Å². The van der Waals surface area contributed by atoms with Gasteiger partial charge >= 0.3 is 12.3 Å². The van der Waals surface area contributed by atoms with E-state index in [2.05, 4.69) is 11.3 Å². The Kier molecular flexibility index (Phi) is 5.86. The fourth-order valence-electron chi connectivity index (χ4n) is 7.47. The fourth-order valence-corrected chi connectivity index (χ4v) is 7.76. The van der Waals surface area contributed by atoms with Gasteiger partial charge in [-0.3, -0.25) is 4.55 Å². The molecule has 1 aromatic rings. The predicted molar refractivity (Wildman–Crippen MR) is 117 cm³/mol. The lowest BCUT2D eigenvalue weighted by atomic mass is 9.65. The van der Waals surface area contributed by atoms with Crippen LogP contribution in [0.15, 0.2) is 30.9 Å². The number of hydrogen-bond acceptors (Lipinski definition) is 6. The molecule has 0 aliphatic heterocycles. The van der Waals surface area contributed by atoms with Gasteiger partial charge < -0.3 is 14.2 Å². The van der Waals surface area contributed by atoms with Crippen LogP contribution in [0.5, 0.6) is 11.5 Å². The van der Waals surface area contributed by atoms with Gasteiger partial charge in [0, 0.05) is 5.92 Å². The highest BCUT2D eigenvalue weighted by Gasteiger charge is 2.67. The highest BCUT2D eigenvalue weighted by Crippen LogP contribution is 2.70. The summed E-state index contributed by atoms with van der Waals surface area (Å²) in [6.07, 6.45) is 1.96. The SMILES string of the molecule is C=CC1(Oc2cc(C(=O)OCCS(=O)(=O)O)ccc2OC(F)(F)F)CC2CC1C1C3CCC(C3)C21. The number of fused-ring (bicyclic) bond motifs is 9. The topological polar surface area (TPSA) is 99.1 Å². The van der Waals surface area contributed by atoms with E-state index in [4.69, 9.17) is 14.0 Å². The van der Waals surface area contributed by atoms with E-state index in [0.29, 0.717) is 30.1 Å². The summed E-state index contributed by atoms with van der Waals surface area (Å²) >= 11 is 0. The first kappa shape index (κ1) is 24.4. The quantitative estimate of drug-likeness (QED) is 0.233. The third-order valence-corrected chi connectivity index (χ3v) is 9.13. The Bertz CT molecular complexity index is 1130. The van der Waals surface area contributed by atoms with E-state index in [1.165, 1.54) is 19.3 Å². The molecule has 7 nitrogen and oxygen atoms in total. The second kappa shape index (κ2) is 8.40. The fraction of sp³-hybridized carbons (Fsp3) is 0.625. The zero-order chi connectivity index (χ0) is 25.2. The van der Waals surface area contributed by atoms with Gasteiger partial charge in [0.2, 0.25) is 0 Å². The summed E-state index contributed by atoms with van der Waals surface area (Å²) < 4.78 is 85.1.